The van der Waals surface area contributed by atoms with Crippen molar-refractivity contribution in [2.45, 2.75) is 43.1 Å². The average Bonchev–Trinajstić information content (AvgIpc) is 1.93. The van der Waals surface area contributed by atoms with Crippen LogP contribution in [0.2, 0.25) is 0 Å². The highest BCUT2D eigenvalue weighted by Gasteiger charge is 2.54. The van der Waals surface area contributed by atoms with Crippen LogP contribution in [0.1, 0.15) is 27.2 Å². The van der Waals surface area contributed by atoms with Crippen LogP contribution in [0.4, 0.5) is 0 Å². The standard InChI is InChI=1S/C9H19NO2S/c1-7(2,11)9(13)6-10-5-4-8(9,3)12/h10-13H,4-6H2,1-3H3/t8-,9?/m0/s1. The highest BCUT2D eigenvalue weighted by molar-refractivity contribution is 7.82. The van der Waals surface area contributed by atoms with Gasteiger partial charge in [0.15, 0.2) is 0 Å². The fraction of sp³-hybridized carbons (Fsp3) is 1.00. The molecular formula is C9H19NO2S. The SMILES string of the molecule is CC(C)(O)C1(S)CNCC[C@]1(C)O. The molecule has 0 radical (unpaired) electrons. The van der Waals surface area contributed by atoms with Crippen molar-refractivity contribution in [2.24, 2.45) is 0 Å². The van der Waals surface area contributed by atoms with Crippen LogP contribution in [-0.4, -0.2) is 39.3 Å². The third-order valence-corrected chi connectivity index (χ3v) is 4.26. The van der Waals surface area contributed by atoms with Crippen LogP contribution >= 0.6 is 12.6 Å². The van der Waals surface area contributed by atoms with Crippen LogP contribution in [0.25, 0.3) is 0 Å². The van der Waals surface area contributed by atoms with Crippen LogP contribution in [0, 0.1) is 0 Å². The molecule has 1 saturated heterocycles. The molecule has 0 saturated carbocycles. The second kappa shape index (κ2) is 3.12. The van der Waals surface area contributed by atoms with Gasteiger partial charge in [0, 0.05) is 6.54 Å². The maximum Gasteiger partial charge on any atom is 0.0819 e. The lowest BCUT2D eigenvalue weighted by molar-refractivity contribution is -0.0899. The van der Waals surface area contributed by atoms with Gasteiger partial charge in [0.05, 0.1) is 15.9 Å². The van der Waals surface area contributed by atoms with Crippen LogP contribution in [-0.2, 0) is 0 Å². The Bertz CT molecular complexity index is 200. The van der Waals surface area contributed by atoms with Crippen LogP contribution in [0.3, 0.4) is 0 Å². The lowest BCUT2D eigenvalue weighted by Gasteiger charge is -2.52. The van der Waals surface area contributed by atoms with E-state index >= 15 is 0 Å². The summed E-state index contributed by atoms with van der Waals surface area (Å²) in [5.41, 5.74) is -1.94. The maximum atomic E-state index is 10.2. The van der Waals surface area contributed by atoms with E-state index in [1.54, 1.807) is 20.8 Å². The number of hydrogen-bond acceptors (Lipinski definition) is 4. The Balaban J connectivity index is 2.98. The van der Waals surface area contributed by atoms with E-state index in [0.717, 1.165) is 6.54 Å². The summed E-state index contributed by atoms with van der Waals surface area (Å²) >= 11 is 4.45. The van der Waals surface area contributed by atoms with Gasteiger partial charge in [0.1, 0.15) is 0 Å². The zero-order valence-corrected chi connectivity index (χ0v) is 9.36. The van der Waals surface area contributed by atoms with Gasteiger partial charge in [0.2, 0.25) is 0 Å². The molecule has 0 aliphatic carbocycles. The molecule has 1 fully saturated rings. The van der Waals surface area contributed by atoms with E-state index in [1.807, 2.05) is 0 Å². The predicted octanol–water partition coefficient (Wildman–Crippen LogP) is 0.170. The van der Waals surface area contributed by atoms with Crippen LogP contribution in [0.5, 0.6) is 0 Å². The minimum absolute atomic E-state index is 0.520. The van der Waals surface area contributed by atoms with Gasteiger partial charge < -0.3 is 15.5 Å². The van der Waals surface area contributed by atoms with E-state index in [2.05, 4.69) is 17.9 Å². The van der Waals surface area contributed by atoms with Gasteiger partial charge in [-0.05, 0) is 33.7 Å². The molecule has 2 atom stereocenters. The van der Waals surface area contributed by atoms with Crippen molar-refractivity contribution in [1.29, 1.82) is 0 Å². The summed E-state index contributed by atoms with van der Waals surface area (Å²) in [5, 5.41) is 23.3. The summed E-state index contributed by atoms with van der Waals surface area (Å²) in [6, 6.07) is 0. The second-order valence-corrected chi connectivity index (χ2v) is 5.38. The highest BCUT2D eigenvalue weighted by atomic mass is 32.1. The van der Waals surface area contributed by atoms with E-state index in [9.17, 15) is 10.2 Å². The third-order valence-electron chi connectivity index (χ3n) is 3.07. The molecule has 1 heterocycles. The van der Waals surface area contributed by atoms with E-state index in [4.69, 9.17) is 0 Å². The molecule has 13 heavy (non-hydrogen) atoms. The molecule has 3 nitrogen and oxygen atoms in total. The minimum atomic E-state index is -1.01. The second-order valence-electron chi connectivity index (χ2n) is 4.62. The first-order valence-electron chi connectivity index (χ1n) is 4.59. The Morgan fingerprint density at radius 1 is 1.46 bits per heavy atom. The summed E-state index contributed by atoms with van der Waals surface area (Å²) < 4.78 is -0.793. The molecule has 0 aromatic heterocycles. The number of rotatable bonds is 1. The summed E-state index contributed by atoms with van der Waals surface area (Å²) in [6.07, 6.45) is 0.612. The summed E-state index contributed by atoms with van der Waals surface area (Å²) in [6.45, 7) is 6.39. The molecule has 3 N–H and O–H groups in total. The van der Waals surface area contributed by atoms with E-state index < -0.39 is 15.9 Å². The summed E-state index contributed by atoms with van der Waals surface area (Å²) in [5.74, 6) is 0. The Morgan fingerprint density at radius 2 is 2.00 bits per heavy atom. The summed E-state index contributed by atoms with van der Waals surface area (Å²) in [4.78, 5) is 0. The molecule has 4 heteroatoms. The number of hydrogen-bond donors (Lipinski definition) is 4. The van der Waals surface area contributed by atoms with E-state index in [-0.39, 0.29) is 0 Å². The van der Waals surface area contributed by atoms with E-state index in [1.165, 1.54) is 0 Å². The van der Waals surface area contributed by atoms with Crippen molar-refractivity contribution in [3.05, 3.63) is 0 Å². The maximum absolute atomic E-state index is 10.2. The smallest absolute Gasteiger partial charge is 0.0819 e. The van der Waals surface area contributed by atoms with Gasteiger partial charge in [0.25, 0.3) is 0 Å². The number of thiol groups is 1. The van der Waals surface area contributed by atoms with Crippen molar-refractivity contribution in [3.63, 3.8) is 0 Å². The molecule has 1 aliphatic heterocycles. The Labute approximate surface area is 84.9 Å². The van der Waals surface area contributed by atoms with Crippen molar-refractivity contribution < 1.29 is 10.2 Å². The van der Waals surface area contributed by atoms with Gasteiger partial charge in [-0.15, -0.1) is 0 Å². The molecule has 1 aliphatic rings. The first-order chi connectivity index (χ1) is 5.71. The van der Waals surface area contributed by atoms with Gasteiger partial charge in [-0.25, -0.2) is 0 Å². The van der Waals surface area contributed by atoms with Crippen molar-refractivity contribution in [1.82, 2.24) is 5.32 Å². The first kappa shape index (κ1) is 11.3. The molecule has 1 unspecified atom stereocenters. The Hall–Kier alpha value is 0.230. The Kier molecular flexibility index (Phi) is 2.71. The molecule has 78 valence electrons. The molecule has 0 bridgehead atoms. The fourth-order valence-corrected chi connectivity index (χ4v) is 2.10. The zero-order chi connectivity index (χ0) is 10.3. The highest BCUT2D eigenvalue weighted by Crippen LogP contribution is 2.41. The molecular weight excluding hydrogens is 186 g/mol. The first-order valence-corrected chi connectivity index (χ1v) is 5.03. The Morgan fingerprint density at radius 3 is 2.31 bits per heavy atom. The number of aliphatic hydroxyl groups is 2. The van der Waals surface area contributed by atoms with Gasteiger partial charge >= 0.3 is 0 Å². The van der Waals surface area contributed by atoms with Gasteiger partial charge in [-0.1, -0.05) is 0 Å². The third kappa shape index (κ3) is 1.73. The fourth-order valence-electron chi connectivity index (χ4n) is 1.87. The van der Waals surface area contributed by atoms with Crippen LogP contribution in [0.15, 0.2) is 0 Å². The average molecular weight is 205 g/mol. The van der Waals surface area contributed by atoms with E-state index in [0.29, 0.717) is 13.0 Å². The van der Waals surface area contributed by atoms with Crippen molar-refractivity contribution in [2.75, 3.05) is 13.1 Å². The molecule has 1 rings (SSSR count). The largest absolute Gasteiger partial charge is 0.389 e. The molecule has 0 amide bonds. The molecule has 0 aromatic carbocycles. The monoisotopic (exact) mass is 205 g/mol. The van der Waals surface area contributed by atoms with Gasteiger partial charge in [-0.3, -0.25) is 0 Å². The number of nitrogens with one attached hydrogen (secondary N) is 1. The van der Waals surface area contributed by atoms with Crippen molar-refractivity contribution >= 4 is 12.6 Å². The van der Waals surface area contributed by atoms with Crippen LogP contribution < -0.4 is 5.32 Å². The van der Waals surface area contributed by atoms with Crippen molar-refractivity contribution in [3.8, 4) is 0 Å². The number of piperidine rings is 1. The van der Waals surface area contributed by atoms with Gasteiger partial charge in [-0.2, -0.15) is 12.6 Å². The summed E-state index contributed by atoms with van der Waals surface area (Å²) in [7, 11) is 0. The minimum Gasteiger partial charge on any atom is -0.389 e. The molecule has 0 aromatic rings. The molecule has 0 spiro atoms. The predicted molar refractivity (Wildman–Crippen MR) is 56.1 cm³/mol. The lowest BCUT2D eigenvalue weighted by Crippen LogP contribution is -2.68. The lowest BCUT2D eigenvalue weighted by atomic mass is 9.73. The topological polar surface area (TPSA) is 52.5 Å². The normalized spacial score (nSPS) is 42.0. The quantitative estimate of drug-likeness (QED) is 0.462. The zero-order valence-electron chi connectivity index (χ0n) is 8.46.